The fourth-order valence-corrected chi connectivity index (χ4v) is 4.26. The van der Waals surface area contributed by atoms with Gasteiger partial charge in [0.2, 0.25) is 21.8 Å². The van der Waals surface area contributed by atoms with Crippen LogP contribution < -0.4 is 10.6 Å². The Morgan fingerprint density at radius 3 is 2.38 bits per heavy atom. The molecule has 2 aromatic rings. The van der Waals surface area contributed by atoms with E-state index in [9.17, 15) is 18.0 Å². The molecule has 0 spiro atoms. The number of sulfonamides is 1. The molecule has 0 aliphatic heterocycles. The highest BCUT2D eigenvalue weighted by Crippen LogP contribution is 2.18. The van der Waals surface area contributed by atoms with Gasteiger partial charge in [0, 0.05) is 26.3 Å². The summed E-state index contributed by atoms with van der Waals surface area (Å²) in [4.78, 5) is 24.2. The van der Waals surface area contributed by atoms with Crippen LogP contribution in [0.25, 0.3) is 0 Å². The lowest BCUT2D eigenvalue weighted by Crippen LogP contribution is -2.28. The van der Waals surface area contributed by atoms with Crippen LogP contribution in [0, 0.1) is 6.92 Å². The molecule has 2 amide bonds. The summed E-state index contributed by atoms with van der Waals surface area (Å²) in [5.41, 5.74) is 2.28. The van der Waals surface area contributed by atoms with Gasteiger partial charge >= 0.3 is 0 Å². The smallest absolute Gasteiger partial charge is 0.242 e. The Balaban J connectivity index is 1.82. The summed E-state index contributed by atoms with van der Waals surface area (Å²) in [5.74, 6) is -0.206. The Morgan fingerprint density at radius 2 is 1.69 bits per heavy atom. The van der Waals surface area contributed by atoms with Gasteiger partial charge in [-0.25, -0.2) is 12.7 Å². The summed E-state index contributed by atoms with van der Waals surface area (Å²) in [5, 5.41) is 5.49. The van der Waals surface area contributed by atoms with E-state index < -0.39 is 10.0 Å². The van der Waals surface area contributed by atoms with Crippen molar-refractivity contribution in [2.24, 2.45) is 0 Å². The van der Waals surface area contributed by atoms with E-state index in [4.69, 9.17) is 0 Å². The van der Waals surface area contributed by atoms with Crippen LogP contribution >= 0.6 is 11.8 Å². The van der Waals surface area contributed by atoms with E-state index in [0.717, 1.165) is 15.6 Å². The van der Waals surface area contributed by atoms with Crippen molar-refractivity contribution in [1.29, 1.82) is 0 Å². The van der Waals surface area contributed by atoms with Crippen LogP contribution in [0.4, 0.5) is 5.69 Å². The highest BCUT2D eigenvalue weighted by atomic mass is 32.2. The van der Waals surface area contributed by atoms with Crippen molar-refractivity contribution < 1.29 is 18.0 Å². The molecule has 7 nitrogen and oxygen atoms in total. The molecule has 2 aromatic carbocycles. The zero-order valence-corrected chi connectivity index (χ0v) is 18.3. The van der Waals surface area contributed by atoms with Crippen molar-refractivity contribution in [2.75, 3.05) is 30.9 Å². The lowest BCUT2D eigenvalue weighted by Gasteiger charge is -2.15. The predicted molar refractivity (Wildman–Crippen MR) is 116 cm³/mol. The van der Waals surface area contributed by atoms with Crippen molar-refractivity contribution in [1.82, 2.24) is 9.62 Å². The standard InChI is InChI=1S/C20H25N3O4S2/c1-15-7-6-9-17(11-15)22-20(25)14-28-13-19(24)21-12-16-8-4-5-10-18(16)29(26,27)23(2)3/h4-11H,12-14H2,1-3H3,(H,21,24)(H,22,25). The van der Waals surface area contributed by atoms with E-state index in [0.29, 0.717) is 5.56 Å². The number of carbonyl (C=O) groups is 2. The van der Waals surface area contributed by atoms with Gasteiger partial charge in [-0.2, -0.15) is 0 Å². The first-order valence-corrected chi connectivity index (χ1v) is 11.5. The number of hydrogen-bond donors (Lipinski definition) is 2. The molecular weight excluding hydrogens is 410 g/mol. The van der Waals surface area contributed by atoms with Gasteiger partial charge in [0.15, 0.2) is 0 Å². The molecule has 9 heteroatoms. The Hall–Kier alpha value is -2.36. The number of aryl methyl sites for hydroxylation is 1. The third-order valence-corrected chi connectivity index (χ3v) is 6.82. The first-order valence-electron chi connectivity index (χ1n) is 8.91. The molecule has 0 radical (unpaired) electrons. The van der Waals surface area contributed by atoms with E-state index in [1.54, 1.807) is 18.2 Å². The minimum atomic E-state index is -3.59. The van der Waals surface area contributed by atoms with Crippen LogP contribution in [0.2, 0.25) is 0 Å². The molecule has 29 heavy (non-hydrogen) atoms. The minimum absolute atomic E-state index is 0.0954. The van der Waals surface area contributed by atoms with Gasteiger partial charge in [-0.15, -0.1) is 11.8 Å². The zero-order valence-electron chi connectivity index (χ0n) is 16.6. The third-order valence-electron chi connectivity index (χ3n) is 3.98. The molecule has 2 rings (SSSR count). The summed E-state index contributed by atoms with van der Waals surface area (Å²) >= 11 is 1.19. The van der Waals surface area contributed by atoms with E-state index in [2.05, 4.69) is 10.6 Å². The first kappa shape index (κ1) is 22.9. The lowest BCUT2D eigenvalue weighted by molar-refractivity contribution is -0.118. The molecule has 0 aliphatic carbocycles. The normalized spacial score (nSPS) is 11.3. The highest BCUT2D eigenvalue weighted by molar-refractivity contribution is 8.00. The van der Waals surface area contributed by atoms with Gasteiger partial charge in [0.1, 0.15) is 0 Å². The Bertz CT molecular complexity index is 975. The van der Waals surface area contributed by atoms with Gasteiger partial charge in [0.25, 0.3) is 0 Å². The molecule has 0 aromatic heterocycles. The van der Waals surface area contributed by atoms with Crippen molar-refractivity contribution in [3.8, 4) is 0 Å². The average molecular weight is 436 g/mol. The maximum Gasteiger partial charge on any atom is 0.242 e. The number of carbonyl (C=O) groups excluding carboxylic acids is 2. The monoisotopic (exact) mass is 435 g/mol. The lowest BCUT2D eigenvalue weighted by atomic mass is 10.2. The largest absolute Gasteiger partial charge is 0.351 e. The van der Waals surface area contributed by atoms with E-state index in [-0.39, 0.29) is 34.8 Å². The Labute approximate surface area is 175 Å². The minimum Gasteiger partial charge on any atom is -0.351 e. The van der Waals surface area contributed by atoms with Crippen molar-refractivity contribution in [3.63, 3.8) is 0 Å². The number of anilines is 1. The predicted octanol–water partition coefficient (Wildman–Crippen LogP) is 2.23. The molecule has 0 bridgehead atoms. The van der Waals surface area contributed by atoms with Crippen LogP contribution in [-0.4, -0.2) is 50.1 Å². The number of nitrogens with zero attached hydrogens (tertiary/aromatic N) is 1. The maximum absolute atomic E-state index is 12.4. The molecule has 156 valence electrons. The summed E-state index contributed by atoms with van der Waals surface area (Å²) in [6, 6.07) is 14.0. The molecule has 0 saturated heterocycles. The van der Waals surface area contributed by atoms with E-state index in [1.807, 2.05) is 31.2 Å². The van der Waals surface area contributed by atoms with Gasteiger partial charge in [0.05, 0.1) is 16.4 Å². The van der Waals surface area contributed by atoms with Crippen LogP contribution in [0.3, 0.4) is 0 Å². The molecule has 0 fully saturated rings. The van der Waals surface area contributed by atoms with Crippen molar-refractivity contribution in [2.45, 2.75) is 18.4 Å². The third kappa shape index (κ3) is 6.88. The number of thioether (sulfide) groups is 1. The van der Waals surface area contributed by atoms with Crippen LogP contribution in [0.1, 0.15) is 11.1 Å². The zero-order chi connectivity index (χ0) is 21.4. The second kappa shape index (κ2) is 10.4. The number of rotatable bonds is 9. The number of nitrogens with one attached hydrogen (secondary N) is 2. The fourth-order valence-electron chi connectivity index (χ4n) is 2.50. The van der Waals surface area contributed by atoms with E-state index in [1.165, 1.54) is 31.9 Å². The SMILES string of the molecule is Cc1cccc(NC(=O)CSCC(=O)NCc2ccccc2S(=O)(=O)N(C)C)c1. The molecule has 0 unspecified atom stereocenters. The van der Waals surface area contributed by atoms with Crippen molar-refractivity contribution in [3.05, 3.63) is 59.7 Å². The Morgan fingerprint density at radius 1 is 1.00 bits per heavy atom. The molecular formula is C20H25N3O4S2. The fraction of sp³-hybridized carbons (Fsp3) is 0.300. The van der Waals surface area contributed by atoms with Crippen LogP contribution in [0.15, 0.2) is 53.4 Å². The van der Waals surface area contributed by atoms with Crippen LogP contribution in [0.5, 0.6) is 0 Å². The number of benzene rings is 2. The number of amides is 2. The van der Waals surface area contributed by atoms with Gasteiger partial charge in [-0.05, 0) is 36.2 Å². The van der Waals surface area contributed by atoms with Gasteiger partial charge < -0.3 is 10.6 Å². The highest BCUT2D eigenvalue weighted by Gasteiger charge is 2.20. The maximum atomic E-state index is 12.4. The molecule has 0 aliphatic rings. The quantitative estimate of drug-likeness (QED) is 0.630. The average Bonchev–Trinajstić information content (AvgIpc) is 2.66. The molecule has 0 saturated carbocycles. The Kier molecular flexibility index (Phi) is 8.24. The van der Waals surface area contributed by atoms with Gasteiger partial charge in [-0.1, -0.05) is 30.3 Å². The summed E-state index contributed by atoms with van der Waals surface area (Å²) < 4.78 is 25.9. The topological polar surface area (TPSA) is 95.6 Å². The first-order chi connectivity index (χ1) is 13.7. The molecule has 0 heterocycles. The number of hydrogen-bond acceptors (Lipinski definition) is 5. The van der Waals surface area contributed by atoms with Crippen LogP contribution in [-0.2, 0) is 26.2 Å². The van der Waals surface area contributed by atoms with Crippen molar-refractivity contribution >= 4 is 39.3 Å². The summed E-state index contributed by atoms with van der Waals surface area (Å²) in [7, 11) is -0.670. The van der Waals surface area contributed by atoms with E-state index >= 15 is 0 Å². The summed E-state index contributed by atoms with van der Waals surface area (Å²) in [6.45, 7) is 2.04. The molecule has 0 atom stereocenters. The summed E-state index contributed by atoms with van der Waals surface area (Å²) in [6.07, 6.45) is 0. The second-order valence-electron chi connectivity index (χ2n) is 6.58. The second-order valence-corrected chi connectivity index (χ2v) is 9.69. The molecule has 2 N–H and O–H groups in total. The van der Waals surface area contributed by atoms with Gasteiger partial charge in [-0.3, -0.25) is 9.59 Å².